The summed E-state index contributed by atoms with van der Waals surface area (Å²) in [5, 5.41) is 3.00. The number of amides is 2. The van der Waals surface area contributed by atoms with E-state index in [4.69, 9.17) is 9.47 Å². The number of rotatable bonds is 6. The highest BCUT2D eigenvalue weighted by Gasteiger charge is 2.27. The summed E-state index contributed by atoms with van der Waals surface area (Å²) in [5.74, 6) is 0.978. The second-order valence-electron chi connectivity index (χ2n) is 9.42. The van der Waals surface area contributed by atoms with Crippen LogP contribution in [0.1, 0.15) is 71.3 Å². The molecule has 0 atom stereocenters. The van der Waals surface area contributed by atoms with Crippen LogP contribution in [0.25, 0.3) is 0 Å². The average molecular weight is 418 g/mol. The smallest absolute Gasteiger partial charge is 0.410 e. The van der Waals surface area contributed by atoms with Crippen molar-refractivity contribution in [2.45, 2.75) is 84.0 Å². The molecule has 7 heteroatoms. The lowest BCUT2D eigenvalue weighted by Crippen LogP contribution is -2.42. The van der Waals surface area contributed by atoms with Crippen molar-refractivity contribution in [1.29, 1.82) is 0 Å². The Balaban J connectivity index is 1.38. The van der Waals surface area contributed by atoms with Crippen LogP contribution in [-0.2, 0) is 16.1 Å². The first-order chi connectivity index (χ1) is 14.3. The summed E-state index contributed by atoms with van der Waals surface area (Å²) < 4.78 is 11.4. The van der Waals surface area contributed by atoms with Gasteiger partial charge in [0.25, 0.3) is 0 Å². The molecule has 1 N–H and O–H groups in total. The monoisotopic (exact) mass is 417 g/mol. The van der Waals surface area contributed by atoms with Crippen molar-refractivity contribution >= 4 is 12.0 Å². The number of carbonyl (C=O) groups is 2. The predicted molar refractivity (Wildman–Crippen MR) is 114 cm³/mol. The molecule has 1 saturated carbocycles. The number of ether oxygens (including phenoxy) is 2. The number of piperidine rings is 1. The maximum atomic E-state index is 12.4. The minimum absolute atomic E-state index is 0.0424. The van der Waals surface area contributed by atoms with Crippen LogP contribution >= 0.6 is 0 Å². The van der Waals surface area contributed by atoms with E-state index < -0.39 is 5.60 Å². The van der Waals surface area contributed by atoms with Crippen molar-refractivity contribution in [3.63, 3.8) is 0 Å². The van der Waals surface area contributed by atoms with Crippen molar-refractivity contribution in [2.24, 2.45) is 5.92 Å². The van der Waals surface area contributed by atoms with Crippen LogP contribution in [0.5, 0.6) is 5.88 Å². The van der Waals surface area contributed by atoms with Crippen LogP contribution in [-0.4, -0.2) is 46.7 Å². The van der Waals surface area contributed by atoms with E-state index in [1.54, 1.807) is 11.1 Å². The van der Waals surface area contributed by atoms with Crippen molar-refractivity contribution in [3.05, 3.63) is 23.9 Å². The van der Waals surface area contributed by atoms with Gasteiger partial charge in [0.15, 0.2) is 0 Å². The molecule has 0 unspecified atom stereocenters. The zero-order chi connectivity index (χ0) is 21.6. The molecule has 3 rings (SSSR count). The molecule has 166 valence electrons. The van der Waals surface area contributed by atoms with Crippen LogP contribution in [0.15, 0.2) is 18.3 Å². The first-order valence-electron chi connectivity index (χ1n) is 11.1. The maximum Gasteiger partial charge on any atom is 0.410 e. The van der Waals surface area contributed by atoms with Crippen LogP contribution < -0.4 is 10.1 Å². The molecule has 0 radical (unpaired) electrons. The summed E-state index contributed by atoms with van der Waals surface area (Å²) in [6, 6.07) is 3.82. The zero-order valence-corrected chi connectivity index (χ0v) is 18.5. The molecule has 1 aliphatic carbocycles. The molecule has 1 aromatic heterocycles. The second kappa shape index (κ2) is 10.1. The molecule has 2 amide bonds. The molecule has 0 spiro atoms. The van der Waals surface area contributed by atoms with Gasteiger partial charge in [0, 0.05) is 38.3 Å². The average Bonchev–Trinajstić information content (AvgIpc) is 3.19. The summed E-state index contributed by atoms with van der Waals surface area (Å²) >= 11 is 0. The SMILES string of the molecule is CC(C)(C)OC(=O)N1CCC(CC(=O)NCc2ccnc(OC3CCCC3)c2)CC1. The standard InChI is InChI=1S/C23H35N3O4/c1-23(2,3)30-22(28)26-12-9-17(10-13-26)14-20(27)25-16-18-8-11-24-21(15-18)29-19-6-4-5-7-19/h8,11,15,17,19H,4-7,9-10,12-14,16H2,1-3H3,(H,25,27). The molecular weight excluding hydrogens is 382 g/mol. The highest BCUT2D eigenvalue weighted by Crippen LogP contribution is 2.24. The number of hydrogen-bond donors (Lipinski definition) is 1. The van der Waals surface area contributed by atoms with Crippen molar-refractivity contribution < 1.29 is 19.1 Å². The molecular formula is C23H35N3O4. The van der Waals surface area contributed by atoms with Crippen LogP contribution in [0.2, 0.25) is 0 Å². The number of nitrogens with one attached hydrogen (secondary N) is 1. The first-order valence-corrected chi connectivity index (χ1v) is 11.1. The Morgan fingerprint density at radius 3 is 2.53 bits per heavy atom. The highest BCUT2D eigenvalue weighted by molar-refractivity contribution is 5.76. The minimum atomic E-state index is -0.483. The van der Waals surface area contributed by atoms with Crippen LogP contribution in [0, 0.1) is 5.92 Å². The van der Waals surface area contributed by atoms with Gasteiger partial charge in [0.2, 0.25) is 11.8 Å². The molecule has 1 aromatic rings. The van der Waals surface area contributed by atoms with Gasteiger partial charge in [-0.1, -0.05) is 0 Å². The lowest BCUT2D eigenvalue weighted by atomic mass is 9.93. The topological polar surface area (TPSA) is 80.8 Å². The molecule has 30 heavy (non-hydrogen) atoms. The van der Waals surface area contributed by atoms with E-state index in [2.05, 4.69) is 10.3 Å². The van der Waals surface area contributed by atoms with Gasteiger partial charge >= 0.3 is 6.09 Å². The Hall–Kier alpha value is -2.31. The van der Waals surface area contributed by atoms with Gasteiger partial charge in [-0.2, -0.15) is 0 Å². The highest BCUT2D eigenvalue weighted by atomic mass is 16.6. The number of pyridine rings is 1. The van der Waals surface area contributed by atoms with Gasteiger partial charge in [-0.3, -0.25) is 4.79 Å². The fourth-order valence-corrected chi connectivity index (χ4v) is 3.98. The molecule has 1 aliphatic heterocycles. The van der Waals surface area contributed by atoms with Gasteiger partial charge in [0.1, 0.15) is 11.7 Å². The third-order valence-corrected chi connectivity index (χ3v) is 5.62. The van der Waals surface area contributed by atoms with E-state index in [0.717, 1.165) is 31.2 Å². The predicted octanol–water partition coefficient (Wildman–Crippen LogP) is 4.06. The summed E-state index contributed by atoms with van der Waals surface area (Å²) in [5.41, 5.74) is 0.508. The Kier molecular flexibility index (Phi) is 7.56. The summed E-state index contributed by atoms with van der Waals surface area (Å²) in [6.07, 6.45) is 8.49. The number of hydrogen-bond acceptors (Lipinski definition) is 5. The zero-order valence-electron chi connectivity index (χ0n) is 18.5. The van der Waals surface area contributed by atoms with Crippen molar-refractivity contribution in [2.75, 3.05) is 13.1 Å². The fraction of sp³-hybridized carbons (Fsp3) is 0.696. The van der Waals surface area contributed by atoms with Crippen LogP contribution in [0.3, 0.4) is 0 Å². The fourth-order valence-electron chi connectivity index (χ4n) is 3.98. The Bertz CT molecular complexity index is 717. The van der Waals surface area contributed by atoms with Gasteiger partial charge in [-0.15, -0.1) is 0 Å². The summed E-state index contributed by atoms with van der Waals surface area (Å²) in [7, 11) is 0. The summed E-state index contributed by atoms with van der Waals surface area (Å²) in [6.45, 7) is 7.36. The normalized spacial score (nSPS) is 18.3. The quantitative estimate of drug-likeness (QED) is 0.755. The Labute approximate surface area is 179 Å². The summed E-state index contributed by atoms with van der Waals surface area (Å²) in [4.78, 5) is 30.6. The van der Waals surface area contributed by atoms with Gasteiger partial charge in [0.05, 0.1) is 0 Å². The van der Waals surface area contributed by atoms with Crippen molar-refractivity contribution in [3.8, 4) is 5.88 Å². The van der Waals surface area contributed by atoms with Gasteiger partial charge in [-0.05, 0) is 76.8 Å². The number of carbonyl (C=O) groups excluding carboxylic acids is 2. The third kappa shape index (κ3) is 7.18. The Morgan fingerprint density at radius 1 is 1.17 bits per heavy atom. The Morgan fingerprint density at radius 2 is 1.87 bits per heavy atom. The number of nitrogens with zero attached hydrogens (tertiary/aromatic N) is 2. The largest absolute Gasteiger partial charge is 0.474 e. The minimum Gasteiger partial charge on any atom is -0.474 e. The molecule has 2 heterocycles. The molecule has 0 bridgehead atoms. The van der Waals surface area contributed by atoms with E-state index in [1.165, 1.54) is 12.8 Å². The lowest BCUT2D eigenvalue weighted by Gasteiger charge is -2.33. The molecule has 0 aromatic carbocycles. The number of likely N-dealkylation sites (tertiary alicyclic amines) is 1. The molecule has 2 aliphatic rings. The first kappa shape index (κ1) is 22.4. The van der Waals surface area contributed by atoms with E-state index in [9.17, 15) is 9.59 Å². The van der Waals surface area contributed by atoms with E-state index in [1.807, 2.05) is 32.9 Å². The van der Waals surface area contributed by atoms with Crippen LogP contribution in [0.4, 0.5) is 4.79 Å². The van der Waals surface area contributed by atoms with E-state index >= 15 is 0 Å². The van der Waals surface area contributed by atoms with Gasteiger partial charge in [-0.25, -0.2) is 9.78 Å². The maximum absolute atomic E-state index is 12.4. The molecule has 7 nitrogen and oxygen atoms in total. The molecule has 2 fully saturated rings. The van der Waals surface area contributed by atoms with E-state index in [0.29, 0.717) is 37.9 Å². The lowest BCUT2D eigenvalue weighted by molar-refractivity contribution is -0.122. The number of aromatic nitrogens is 1. The molecule has 1 saturated heterocycles. The van der Waals surface area contributed by atoms with Gasteiger partial charge < -0.3 is 19.7 Å². The second-order valence-corrected chi connectivity index (χ2v) is 9.42. The van der Waals surface area contributed by atoms with E-state index in [-0.39, 0.29) is 18.1 Å². The third-order valence-electron chi connectivity index (χ3n) is 5.62. The van der Waals surface area contributed by atoms with Crippen molar-refractivity contribution in [1.82, 2.24) is 15.2 Å².